The second kappa shape index (κ2) is 7.53. The van der Waals surface area contributed by atoms with Crippen molar-refractivity contribution < 1.29 is 4.79 Å². The molecule has 1 amide bonds. The van der Waals surface area contributed by atoms with E-state index in [4.69, 9.17) is 0 Å². The number of carbonyl (C=O) groups excluding carboxylic acids is 1. The van der Waals surface area contributed by atoms with Crippen LogP contribution in [0, 0.1) is 13.8 Å². The Kier molecular flexibility index (Phi) is 5.14. The van der Waals surface area contributed by atoms with Gasteiger partial charge in [0.25, 0.3) is 5.91 Å². The van der Waals surface area contributed by atoms with E-state index in [0.29, 0.717) is 5.92 Å². The minimum absolute atomic E-state index is 0.222. The van der Waals surface area contributed by atoms with Gasteiger partial charge in [0.2, 0.25) is 0 Å². The Balaban J connectivity index is 1.58. The van der Waals surface area contributed by atoms with Gasteiger partial charge in [0, 0.05) is 18.0 Å². The molecule has 0 bridgehead atoms. The lowest BCUT2D eigenvalue weighted by Gasteiger charge is -2.24. The number of nitrogens with one attached hydrogen (secondary N) is 1. The Bertz CT molecular complexity index is 798. The SMILES string of the molecule is Cc1cc(-c2cc(C)c(C(=O)N3CCCC3)s2)ccc1C1CCNCC1. The normalized spacial score (nSPS) is 18.5. The maximum Gasteiger partial charge on any atom is 0.264 e. The van der Waals surface area contributed by atoms with Crippen molar-refractivity contribution in [3.05, 3.63) is 45.8 Å². The first-order chi connectivity index (χ1) is 12.6. The predicted octanol–water partition coefficient (Wildman–Crippen LogP) is 4.73. The van der Waals surface area contributed by atoms with Crippen molar-refractivity contribution in [1.82, 2.24) is 10.2 Å². The maximum absolute atomic E-state index is 12.8. The van der Waals surface area contributed by atoms with Crippen molar-refractivity contribution in [3.63, 3.8) is 0 Å². The molecule has 4 heteroatoms. The van der Waals surface area contributed by atoms with E-state index in [0.717, 1.165) is 49.5 Å². The van der Waals surface area contributed by atoms with Gasteiger partial charge < -0.3 is 10.2 Å². The van der Waals surface area contributed by atoms with Gasteiger partial charge >= 0.3 is 0 Å². The van der Waals surface area contributed by atoms with Crippen LogP contribution in [0.5, 0.6) is 0 Å². The Labute approximate surface area is 160 Å². The van der Waals surface area contributed by atoms with Crippen molar-refractivity contribution in [2.24, 2.45) is 0 Å². The van der Waals surface area contributed by atoms with Crippen molar-refractivity contribution >= 4 is 17.2 Å². The van der Waals surface area contributed by atoms with Crippen LogP contribution in [-0.2, 0) is 0 Å². The predicted molar refractivity (Wildman–Crippen MR) is 109 cm³/mol. The molecular formula is C22H28N2OS. The van der Waals surface area contributed by atoms with Crippen LogP contribution in [0.25, 0.3) is 10.4 Å². The van der Waals surface area contributed by atoms with E-state index >= 15 is 0 Å². The first-order valence-corrected chi connectivity index (χ1v) is 10.7. The number of benzene rings is 1. The van der Waals surface area contributed by atoms with Gasteiger partial charge in [-0.1, -0.05) is 18.2 Å². The summed E-state index contributed by atoms with van der Waals surface area (Å²) in [5.41, 5.74) is 5.24. The molecule has 1 N–H and O–H groups in total. The lowest BCUT2D eigenvalue weighted by Crippen LogP contribution is -2.27. The van der Waals surface area contributed by atoms with E-state index in [2.05, 4.69) is 43.4 Å². The number of thiophene rings is 1. The number of likely N-dealkylation sites (tertiary alicyclic amines) is 1. The summed E-state index contributed by atoms with van der Waals surface area (Å²) in [6.45, 7) is 8.37. The molecule has 3 nitrogen and oxygen atoms in total. The fraction of sp³-hybridized carbons (Fsp3) is 0.500. The van der Waals surface area contributed by atoms with Crippen LogP contribution in [0.15, 0.2) is 24.3 Å². The number of hydrogen-bond acceptors (Lipinski definition) is 3. The van der Waals surface area contributed by atoms with Crippen LogP contribution >= 0.6 is 11.3 Å². The highest BCUT2D eigenvalue weighted by atomic mass is 32.1. The molecule has 1 aromatic heterocycles. The summed E-state index contributed by atoms with van der Waals surface area (Å²) >= 11 is 1.66. The number of amides is 1. The largest absolute Gasteiger partial charge is 0.338 e. The summed E-state index contributed by atoms with van der Waals surface area (Å²) in [6.07, 6.45) is 4.74. The third-order valence-corrected chi connectivity index (χ3v) is 7.11. The van der Waals surface area contributed by atoms with Gasteiger partial charge in [0.05, 0.1) is 4.88 Å². The number of nitrogens with zero attached hydrogens (tertiary/aromatic N) is 1. The fourth-order valence-corrected chi connectivity index (χ4v) is 5.46. The smallest absolute Gasteiger partial charge is 0.264 e. The van der Waals surface area contributed by atoms with Gasteiger partial charge in [-0.15, -0.1) is 11.3 Å². The van der Waals surface area contributed by atoms with Gasteiger partial charge in [-0.25, -0.2) is 0 Å². The second-order valence-electron chi connectivity index (χ2n) is 7.72. The zero-order chi connectivity index (χ0) is 18.1. The third-order valence-electron chi connectivity index (χ3n) is 5.84. The molecule has 0 unspecified atom stereocenters. The summed E-state index contributed by atoms with van der Waals surface area (Å²) < 4.78 is 0. The van der Waals surface area contributed by atoms with E-state index in [1.54, 1.807) is 11.3 Å². The van der Waals surface area contributed by atoms with Gasteiger partial charge in [-0.2, -0.15) is 0 Å². The third kappa shape index (κ3) is 3.45. The zero-order valence-corrected chi connectivity index (χ0v) is 16.6. The van der Waals surface area contributed by atoms with Crippen LogP contribution in [-0.4, -0.2) is 37.0 Å². The Morgan fingerprint density at radius 2 is 1.81 bits per heavy atom. The van der Waals surface area contributed by atoms with Gasteiger partial charge in [-0.05, 0) is 86.9 Å². The van der Waals surface area contributed by atoms with Crippen LogP contribution in [0.3, 0.4) is 0 Å². The molecule has 1 aromatic carbocycles. The first-order valence-electron chi connectivity index (χ1n) is 9.85. The molecule has 0 spiro atoms. The monoisotopic (exact) mass is 368 g/mol. The first kappa shape index (κ1) is 17.7. The fourth-order valence-electron chi connectivity index (χ4n) is 4.32. The van der Waals surface area contributed by atoms with Gasteiger partial charge in [0.1, 0.15) is 0 Å². The van der Waals surface area contributed by atoms with E-state index in [9.17, 15) is 4.79 Å². The van der Waals surface area contributed by atoms with Crippen LogP contribution < -0.4 is 5.32 Å². The standard InChI is InChI=1S/C22H28N2OS/c1-15-13-18(5-6-19(15)17-7-9-23-10-8-17)20-14-16(2)21(26-20)22(25)24-11-3-4-12-24/h5-6,13-14,17,23H,3-4,7-12H2,1-2H3. The van der Waals surface area contributed by atoms with E-state index < -0.39 is 0 Å². The molecule has 3 heterocycles. The summed E-state index contributed by atoms with van der Waals surface area (Å²) in [4.78, 5) is 16.9. The number of hydrogen-bond donors (Lipinski definition) is 1. The number of aryl methyl sites for hydroxylation is 2. The molecule has 4 rings (SSSR count). The molecule has 0 aliphatic carbocycles. The molecular weight excluding hydrogens is 340 g/mol. The Morgan fingerprint density at radius 1 is 1.08 bits per heavy atom. The van der Waals surface area contributed by atoms with E-state index in [1.165, 1.54) is 34.4 Å². The Morgan fingerprint density at radius 3 is 2.50 bits per heavy atom. The highest BCUT2D eigenvalue weighted by Gasteiger charge is 2.23. The molecule has 2 aliphatic rings. The minimum atomic E-state index is 0.222. The van der Waals surface area contributed by atoms with Crippen molar-refractivity contribution in [1.29, 1.82) is 0 Å². The molecule has 2 aliphatic heterocycles. The summed E-state index contributed by atoms with van der Waals surface area (Å²) in [5, 5.41) is 3.45. The zero-order valence-electron chi connectivity index (χ0n) is 15.8. The van der Waals surface area contributed by atoms with Crippen LogP contribution in [0.2, 0.25) is 0 Å². The highest BCUT2D eigenvalue weighted by molar-refractivity contribution is 7.17. The topological polar surface area (TPSA) is 32.3 Å². The Hall–Kier alpha value is -1.65. The van der Waals surface area contributed by atoms with Crippen LogP contribution in [0.1, 0.15) is 58.0 Å². The van der Waals surface area contributed by atoms with Gasteiger partial charge in [0.15, 0.2) is 0 Å². The molecule has 2 fully saturated rings. The summed E-state index contributed by atoms with van der Waals surface area (Å²) in [6, 6.07) is 9.07. The van der Waals surface area contributed by atoms with Crippen molar-refractivity contribution in [2.45, 2.75) is 45.4 Å². The number of piperidine rings is 1. The summed E-state index contributed by atoms with van der Waals surface area (Å²) in [7, 11) is 0. The van der Waals surface area contributed by atoms with E-state index in [1.807, 2.05) is 4.90 Å². The second-order valence-corrected chi connectivity index (χ2v) is 8.77. The lowest BCUT2D eigenvalue weighted by molar-refractivity contribution is 0.0797. The number of rotatable bonds is 3. The molecule has 0 saturated carbocycles. The summed E-state index contributed by atoms with van der Waals surface area (Å²) in [5.74, 6) is 0.905. The number of carbonyl (C=O) groups is 1. The van der Waals surface area contributed by atoms with Crippen LogP contribution in [0.4, 0.5) is 0 Å². The average Bonchev–Trinajstić information content (AvgIpc) is 3.32. The molecule has 0 atom stereocenters. The highest BCUT2D eigenvalue weighted by Crippen LogP contribution is 2.35. The molecule has 2 aromatic rings. The molecule has 2 saturated heterocycles. The van der Waals surface area contributed by atoms with Gasteiger partial charge in [-0.3, -0.25) is 4.79 Å². The molecule has 26 heavy (non-hydrogen) atoms. The van der Waals surface area contributed by atoms with Crippen molar-refractivity contribution in [2.75, 3.05) is 26.2 Å². The average molecular weight is 369 g/mol. The van der Waals surface area contributed by atoms with E-state index in [-0.39, 0.29) is 5.91 Å². The lowest BCUT2D eigenvalue weighted by atomic mass is 9.87. The quantitative estimate of drug-likeness (QED) is 0.849. The maximum atomic E-state index is 12.8. The molecule has 138 valence electrons. The van der Waals surface area contributed by atoms with Crippen molar-refractivity contribution in [3.8, 4) is 10.4 Å². The minimum Gasteiger partial charge on any atom is -0.338 e. The molecule has 0 radical (unpaired) electrons.